The first-order chi connectivity index (χ1) is 15.6. The first-order valence-electron chi connectivity index (χ1n) is 10.3. The Labute approximate surface area is 192 Å². The summed E-state index contributed by atoms with van der Waals surface area (Å²) in [6.07, 6.45) is -4.01. The van der Waals surface area contributed by atoms with Gasteiger partial charge in [-0.05, 0) is 43.5 Å². The minimum atomic E-state index is -4.72. The molecule has 174 valence electrons. The number of anilines is 2. The largest absolute Gasteiger partial charge is 0.573 e. The average Bonchev–Trinajstić information content (AvgIpc) is 3.13. The highest BCUT2D eigenvalue weighted by Gasteiger charge is 2.32. The number of nitrogens with zero attached hydrogens (tertiary/aromatic N) is 4. The zero-order valence-corrected chi connectivity index (χ0v) is 19.0. The second-order valence-corrected chi connectivity index (χ2v) is 9.30. The highest BCUT2D eigenvalue weighted by Crippen LogP contribution is 2.34. The number of rotatable bonds is 4. The molecule has 0 bridgehead atoms. The number of ether oxygens (including phenoxy) is 1. The molecule has 1 aromatic carbocycles. The molecule has 1 fully saturated rings. The maximum atomic E-state index is 12.8. The van der Waals surface area contributed by atoms with Crippen LogP contribution in [0.4, 0.5) is 24.5 Å². The molecule has 0 saturated carbocycles. The Kier molecular flexibility index (Phi) is 5.97. The van der Waals surface area contributed by atoms with E-state index >= 15 is 0 Å². The Bertz CT molecular complexity index is 1280. The molecular formula is C22H22F3N5O2S. The molecule has 1 N–H and O–H groups in total. The summed E-state index contributed by atoms with van der Waals surface area (Å²) < 4.78 is 42.5. The molecule has 7 nitrogen and oxygen atoms in total. The third-order valence-corrected chi connectivity index (χ3v) is 6.82. The summed E-state index contributed by atoms with van der Waals surface area (Å²) in [4.78, 5) is 20.2. The van der Waals surface area contributed by atoms with Crippen molar-refractivity contribution in [2.75, 3.05) is 23.3 Å². The van der Waals surface area contributed by atoms with Crippen LogP contribution in [0.1, 0.15) is 23.9 Å². The van der Waals surface area contributed by atoms with Gasteiger partial charge in [0.05, 0.1) is 10.7 Å². The molecule has 0 radical (unpaired) electrons. The van der Waals surface area contributed by atoms with Crippen LogP contribution in [0, 0.1) is 24.2 Å². The Balaban J connectivity index is 1.54. The highest BCUT2D eigenvalue weighted by molar-refractivity contribution is 7.18. The first kappa shape index (κ1) is 22.9. The van der Waals surface area contributed by atoms with Gasteiger partial charge in [0.1, 0.15) is 27.7 Å². The predicted molar refractivity (Wildman–Crippen MR) is 121 cm³/mol. The number of thiazole rings is 1. The Morgan fingerprint density at radius 3 is 2.61 bits per heavy atom. The van der Waals surface area contributed by atoms with Crippen LogP contribution in [-0.4, -0.2) is 35.0 Å². The van der Waals surface area contributed by atoms with Crippen molar-refractivity contribution < 1.29 is 17.9 Å². The fraction of sp³-hybridized carbons (Fsp3) is 0.409. The zero-order chi connectivity index (χ0) is 23.9. The van der Waals surface area contributed by atoms with Crippen LogP contribution >= 0.6 is 11.3 Å². The van der Waals surface area contributed by atoms with Crippen LogP contribution in [-0.2, 0) is 7.05 Å². The predicted octanol–water partition coefficient (Wildman–Crippen LogP) is 4.40. The van der Waals surface area contributed by atoms with E-state index in [0.29, 0.717) is 36.4 Å². The van der Waals surface area contributed by atoms with Crippen molar-refractivity contribution in [1.29, 1.82) is 5.26 Å². The van der Waals surface area contributed by atoms with Crippen LogP contribution in [0.15, 0.2) is 29.1 Å². The molecule has 33 heavy (non-hydrogen) atoms. The number of aryl methyl sites for hydroxylation is 2. The lowest BCUT2D eigenvalue weighted by Crippen LogP contribution is -2.46. The van der Waals surface area contributed by atoms with Crippen molar-refractivity contribution in [3.05, 3.63) is 45.2 Å². The molecule has 1 saturated heterocycles. The van der Waals surface area contributed by atoms with E-state index in [-0.39, 0.29) is 28.8 Å². The lowest BCUT2D eigenvalue weighted by atomic mass is 9.92. The zero-order valence-electron chi connectivity index (χ0n) is 18.2. The SMILES string of the molecule is Cc1nc2c(N3CC[C@H](Nc4ccc(OC(F)(F)F)cc4)[C@H](C)C3)c(C#N)c(=O)n(C)c2s1. The van der Waals surface area contributed by atoms with Crippen molar-refractivity contribution in [3.8, 4) is 11.8 Å². The van der Waals surface area contributed by atoms with E-state index in [4.69, 9.17) is 0 Å². The van der Waals surface area contributed by atoms with Gasteiger partial charge in [0.25, 0.3) is 5.56 Å². The number of hydrogen-bond acceptors (Lipinski definition) is 7. The minimum absolute atomic E-state index is 0.0698. The van der Waals surface area contributed by atoms with Gasteiger partial charge in [-0.3, -0.25) is 4.79 Å². The maximum absolute atomic E-state index is 12.8. The number of fused-ring (bicyclic) bond motifs is 1. The summed E-state index contributed by atoms with van der Waals surface area (Å²) in [5.74, 6) is -0.136. The second kappa shape index (κ2) is 8.59. The third kappa shape index (κ3) is 4.61. The molecule has 0 unspecified atom stereocenters. The van der Waals surface area contributed by atoms with Crippen molar-refractivity contribution in [3.63, 3.8) is 0 Å². The number of piperidine rings is 1. The van der Waals surface area contributed by atoms with Crippen molar-refractivity contribution in [1.82, 2.24) is 9.55 Å². The quantitative estimate of drug-likeness (QED) is 0.600. The van der Waals surface area contributed by atoms with Gasteiger partial charge < -0.3 is 19.5 Å². The molecule has 0 amide bonds. The number of halogens is 3. The topological polar surface area (TPSA) is 83.2 Å². The molecule has 0 aliphatic carbocycles. The van der Waals surface area contributed by atoms with E-state index in [1.54, 1.807) is 19.2 Å². The number of alkyl halides is 3. The van der Waals surface area contributed by atoms with Gasteiger partial charge in [-0.25, -0.2) is 4.98 Å². The molecule has 3 aromatic rings. The summed E-state index contributed by atoms with van der Waals surface area (Å²) in [5, 5.41) is 13.9. The fourth-order valence-corrected chi connectivity index (χ4v) is 5.09. The van der Waals surface area contributed by atoms with E-state index in [0.717, 1.165) is 9.84 Å². The first-order valence-corrected chi connectivity index (χ1v) is 11.2. The number of benzene rings is 1. The molecule has 2 atom stereocenters. The van der Waals surface area contributed by atoms with Crippen molar-refractivity contribution in [2.24, 2.45) is 13.0 Å². The Morgan fingerprint density at radius 1 is 1.30 bits per heavy atom. The summed E-state index contributed by atoms with van der Waals surface area (Å²) >= 11 is 1.42. The maximum Gasteiger partial charge on any atom is 0.573 e. The van der Waals surface area contributed by atoms with Crippen LogP contribution < -0.4 is 20.5 Å². The Hall–Kier alpha value is -3.26. The van der Waals surface area contributed by atoms with Gasteiger partial charge in [0.15, 0.2) is 0 Å². The fourth-order valence-electron chi connectivity index (χ4n) is 4.22. The summed E-state index contributed by atoms with van der Waals surface area (Å²) in [7, 11) is 1.65. The lowest BCUT2D eigenvalue weighted by molar-refractivity contribution is -0.274. The third-order valence-electron chi connectivity index (χ3n) is 5.77. The molecule has 1 aliphatic heterocycles. The van der Waals surface area contributed by atoms with E-state index in [1.807, 2.05) is 11.8 Å². The smallest absolute Gasteiger partial charge is 0.406 e. The Morgan fingerprint density at radius 2 is 2.00 bits per heavy atom. The molecule has 0 spiro atoms. The number of hydrogen-bond donors (Lipinski definition) is 1. The van der Waals surface area contributed by atoms with Gasteiger partial charge in [-0.1, -0.05) is 6.92 Å². The van der Waals surface area contributed by atoms with Gasteiger partial charge in [-0.2, -0.15) is 5.26 Å². The molecular weight excluding hydrogens is 455 g/mol. The average molecular weight is 478 g/mol. The molecule has 11 heteroatoms. The van der Waals surface area contributed by atoms with Crippen LogP contribution in [0.3, 0.4) is 0 Å². The molecule has 2 aromatic heterocycles. The number of aromatic nitrogens is 2. The van der Waals surface area contributed by atoms with E-state index in [9.17, 15) is 23.2 Å². The monoisotopic (exact) mass is 477 g/mol. The van der Waals surface area contributed by atoms with E-state index in [2.05, 4.69) is 28.0 Å². The van der Waals surface area contributed by atoms with Gasteiger partial charge in [0.2, 0.25) is 0 Å². The molecule has 4 rings (SSSR count). The molecule has 3 heterocycles. The van der Waals surface area contributed by atoms with Gasteiger partial charge in [0, 0.05) is 31.9 Å². The van der Waals surface area contributed by atoms with Crippen LogP contribution in [0.25, 0.3) is 10.3 Å². The standard InChI is InChI=1S/C22H22F3N5O2S/c1-12-11-30(19-16(10-26)20(31)29(3)21-18(19)27-13(2)33-21)9-8-17(12)28-14-4-6-15(7-5-14)32-22(23,24)25/h4-7,12,17,28H,8-9,11H2,1-3H3/t12-,17+/m1/s1. The van der Waals surface area contributed by atoms with E-state index in [1.165, 1.54) is 28.0 Å². The lowest BCUT2D eigenvalue weighted by Gasteiger charge is -2.39. The second-order valence-electron chi connectivity index (χ2n) is 8.12. The summed E-state index contributed by atoms with van der Waals surface area (Å²) in [5.41, 5.74) is 1.69. The summed E-state index contributed by atoms with van der Waals surface area (Å²) in [6, 6.07) is 7.79. The highest BCUT2D eigenvalue weighted by atomic mass is 32.1. The number of nitrogens with one attached hydrogen (secondary N) is 1. The van der Waals surface area contributed by atoms with Crippen molar-refractivity contribution in [2.45, 2.75) is 32.7 Å². The van der Waals surface area contributed by atoms with Gasteiger partial charge in [-0.15, -0.1) is 24.5 Å². The number of nitriles is 1. The van der Waals surface area contributed by atoms with Crippen LogP contribution in [0.5, 0.6) is 5.75 Å². The van der Waals surface area contributed by atoms with Gasteiger partial charge >= 0.3 is 6.36 Å². The number of pyridine rings is 1. The van der Waals surface area contributed by atoms with Crippen LogP contribution in [0.2, 0.25) is 0 Å². The molecule has 1 aliphatic rings. The summed E-state index contributed by atoms with van der Waals surface area (Å²) in [6.45, 7) is 5.13. The minimum Gasteiger partial charge on any atom is -0.406 e. The van der Waals surface area contributed by atoms with Crippen molar-refractivity contribution >= 4 is 33.1 Å². The van der Waals surface area contributed by atoms with E-state index < -0.39 is 6.36 Å². The normalized spacial score (nSPS) is 18.9.